The summed E-state index contributed by atoms with van der Waals surface area (Å²) in [4.78, 5) is 2.36. The molecule has 0 unspecified atom stereocenters. The summed E-state index contributed by atoms with van der Waals surface area (Å²) < 4.78 is 10.8. The van der Waals surface area contributed by atoms with Crippen LogP contribution in [0.1, 0.15) is 22.5 Å². The third-order valence-electron chi connectivity index (χ3n) is 4.19. The van der Waals surface area contributed by atoms with Gasteiger partial charge in [0.25, 0.3) is 0 Å². The second kappa shape index (κ2) is 8.51. The Morgan fingerprint density at radius 3 is 1.96 bits per heavy atom. The molecular formula is C21H24N2O2. The zero-order chi connectivity index (χ0) is 17.5. The van der Waals surface area contributed by atoms with Crippen molar-refractivity contribution in [3.05, 3.63) is 89.4 Å². The third kappa shape index (κ3) is 4.95. The minimum absolute atomic E-state index is 0.572. The van der Waals surface area contributed by atoms with Gasteiger partial charge in [-0.3, -0.25) is 4.90 Å². The molecule has 0 radical (unpaired) electrons. The number of furan rings is 1. The number of hydrogen-bond donors (Lipinski definition) is 1. The third-order valence-corrected chi connectivity index (χ3v) is 4.19. The van der Waals surface area contributed by atoms with Crippen molar-refractivity contribution in [2.75, 3.05) is 7.11 Å². The molecule has 2 aromatic carbocycles. The van der Waals surface area contributed by atoms with Crippen molar-refractivity contribution in [3.63, 3.8) is 0 Å². The van der Waals surface area contributed by atoms with Gasteiger partial charge in [0.15, 0.2) is 0 Å². The van der Waals surface area contributed by atoms with E-state index in [1.165, 1.54) is 11.1 Å². The summed E-state index contributed by atoms with van der Waals surface area (Å²) >= 11 is 0. The fraction of sp³-hybridized carbons (Fsp3) is 0.238. The molecule has 0 aliphatic rings. The van der Waals surface area contributed by atoms with Gasteiger partial charge in [-0.05, 0) is 41.0 Å². The van der Waals surface area contributed by atoms with Crippen LogP contribution in [0.4, 0.5) is 0 Å². The smallest absolute Gasteiger partial charge is 0.118 e. The number of nitrogens with two attached hydrogens (primary N) is 1. The Kier molecular flexibility index (Phi) is 5.88. The van der Waals surface area contributed by atoms with Crippen molar-refractivity contribution in [3.8, 4) is 5.75 Å². The number of rotatable bonds is 8. The minimum atomic E-state index is 0.572. The van der Waals surface area contributed by atoms with E-state index in [0.29, 0.717) is 6.54 Å². The molecule has 1 heterocycles. The molecule has 25 heavy (non-hydrogen) atoms. The van der Waals surface area contributed by atoms with E-state index in [-0.39, 0.29) is 0 Å². The van der Waals surface area contributed by atoms with Crippen molar-refractivity contribution >= 4 is 0 Å². The summed E-state index contributed by atoms with van der Waals surface area (Å²) in [6.07, 6.45) is 1.72. The van der Waals surface area contributed by atoms with Gasteiger partial charge < -0.3 is 14.9 Å². The molecule has 0 amide bonds. The van der Waals surface area contributed by atoms with Gasteiger partial charge in [-0.2, -0.15) is 0 Å². The summed E-state index contributed by atoms with van der Waals surface area (Å²) in [5.41, 5.74) is 9.34. The molecule has 1 aromatic heterocycles. The average molecular weight is 336 g/mol. The van der Waals surface area contributed by atoms with Crippen LogP contribution in [0.2, 0.25) is 0 Å². The SMILES string of the molecule is COc1ccc(CN(Cc2ccc(CN)cc2)Cc2ccco2)cc1. The molecule has 0 saturated carbocycles. The highest BCUT2D eigenvalue weighted by atomic mass is 16.5. The highest BCUT2D eigenvalue weighted by molar-refractivity contribution is 5.27. The fourth-order valence-corrected chi connectivity index (χ4v) is 2.82. The van der Waals surface area contributed by atoms with Crippen LogP contribution in [0, 0.1) is 0 Å². The quantitative estimate of drug-likeness (QED) is 0.677. The van der Waals surface area contributed by atoms with E-state index in [1.807, 2.05) is 24.3 Å². The Morgan fingerprint density at radius 1 is 0.840 bits per heavy atom. The van der Waals surface area contributed by atoms with Crippen LogP contribution < -0.4 is 10.5 Å². The van der Waals surface area contributed by atoms with Crippen molar-refractivity contribution in [2.24, 2.45) is 5.73 Å². The predicted octanol–water partition coefficient (Wildman–Crippen LogP) is 3.95. The maximum Gasteiger partial charge on any atom is 0.118 e. The summed E-state index contributed by atoms with van der Waals surface area (Å²) in [5.74, 6) is 1.84. The van der Waals surface area contributed by atoms with Crippen LogP contribution in [0.3, 0.4) is 0 Å². The Morgan fingerprint density at radius 2 is 1.44 bits per heavy atom. The van der Waals surface area contributed by atoms with Crippen LogP contribution in [0.5, 0.6) is 5.75 Å². The summed E-state index contributed by atoms with van der Waals surface area (Å²) in [5, 5.41) is 0. The zero-order valence-electron chi connectivity index (χ0n) is 14.5. The molecular weight excluding hydrogens is 312 g/mol. The molecule has 2 N–H and O–H groups in total. The number of ether oxygens (including phenoxy) is 1. The number of nitrogens with zero attached hydrogens (tertiary/aromatic N) is 1. The van der Waals surface area contributed by atoms with Gasteiger partial charge >= 0.3 is 0 Å². The number of hydrogen-bond acceptors (Lipinski definition) is 4. The molecule has 4 nitrogen and oxygen atoms in total. The minimum Gasteiger partial charge on any atom is -0.497 e. The standard InChI is InChI=1S/C21H24N2O2/c1-24-20-10-8-19(9-11-20)15-23(16-21-3-2-12-25-21)14-18-6-4-17(13-22)5-7-18/h2-12H,13-16,22H2,1H3. The number of methoxy groups -OCH3 is 1. The molecule has 3 aromatic rings. The largest absolute Gasteiger partial charge is 0.497 e. The van der Waals surface area contributed by atoms with E-state index in [9.17, 15) is 0 Å². The summed E-state index contributed by atoms with van der Waals surface area (Å²) in [6, 6.07) is 20.6. The van der Waals surface area contributed by atoms with Crippen LogP contribution in [-0.4, -0.2) is 12.0 Å². The Balaban J connectivity index is 1.73. The van der Waals surface area contributed by atoms with Crippen molar-refractivity contribution in [1.29, 1.82) is 0 Å². The molecule has 0 atom stereocenters. The maximum atomic E-state index is 5.68. The fourth-order valence-electron chi connectivity index (χ4n) is 2.82. The van der Waals surface area contributed by atoms with Gasteiger partial charge in [-0.15, -0.1) is 0 Å². The van der Waals surface area contributed by atoms with Gasteiger partial charge in [0, 0.05) is 19.6 Å². The van der Waals surface area contributed by atoms with Crippen LogP contribution in [-0.2, 0) is 26.2 Å². The van der Waals surface area contributed by atoms with Gasteiger partial charge in [0.2, 0.25) is 0 Å². The first kappa shape index (κ1) is 17.3. The molecule has 0 fully saturated rings. The van der Waals surface area contributed by atoms with E-state index in [4.69, 9.17) is 14.9 Å². The van der Waals surface area contributed by atoms with E-state index >= 15 is 0 Å². The monoisotopic (exact) mass is 336 g/mol. The van der Waals surface area contributed by atoms with Gasteiger partial charge in [-0.25, -0.2) is 0 Å². The van der Waals surface area contributed by atoms with Crippen LogP contribution >= 0.6 is 0 Å². The van der Waals surface area contributed by atoms with Crippen molar-refractivity contribution in [1.82, 2.24) is 4.90 Å². The van der Waals surface area contributed by atoms with Gasteiger partial charge in [0.1, 0.15) is 11.5 Å². The molecule has 0 saturated heterocycles. The lowest BCUT2D eigenvalue weighted by molar-refractivity contribution is 0.227. The maximum absolute atomic E-state index is 5.68. The lowest BCUT2D eigenvalue weighted by Gasteiger charge is -2.22. The second-order valence-electron chi connectivity index (χ2n) is 6.09. The highest BCUT2D eigenvalue weighted by Crippen LogP contribution is 2.17. The van der Waals surface area contributed by atoms with Gasteiger partial charge in [0.05, 0.1) is 19.9 Å². The molecule has 3 rings (SSSR count). The summed E-state index contributed by atoms with van der Waals surface area (Å²) in [6.45, 7) is 3.01. The first-order valence-corrected chi connectivity index (χ1v) is 8.42. The first-order valence-electron chi connectivity index (χ1n) is 8.42. The van der Waals surface area contributed by atoms with E-state index in [2.05, 4.69) is 41.3 Å². The Labute approximate surface area is 148 Å². The lowest BCUT2D eigenvalue weighted by atomic mass is 10.1. The van der Waals surface area contributed by atoms with Gasteiger partial charge in [-0.1, -0.05) is 36.4 Å². The molecule has 4 heteroatoms. The average Bonchev–Trinajstić information content (AvgIpc) is 3.16. The zero-order valence-corrected chi connectivity index (χ0v) is 14.5. The predicted molar refractivity (Wildman–Crippen MR) is 99.0 cm³/mol. The van der Waals surface area contributed by atoms with E-state index in [1.54, 1.807) is 13.4 Å². The molecule has 130 valence electrons. The summed E-state index contributed by atoms with van der Waals surface area (Å²) in [7, 11) is 1.68. The van der Waals surface area contributed by atoms with E-state index in [0.717, 1.165) is 36.7 Å². The normalized spacial score (nSPS) is 11.0. The Hall–Kier alpha value is -2.56. The van der Waals surface area contributed by atoms with Crippen molar-refractivity contribution in [2.45, 2.75) is 26.2 Å². The second-order valence-corrected chi connectivity index (χ2v) is 6.09. The van der Waals surface area contributed by atoms with Crippen LogP contribution in [0.25, 0.3) is 0 Å². The molecule has 0 aliphatic carbocycles. The van der Waals surface area contributed by atoms with Crippen LogP contribution in [0.15, 0.2) is 71.3 Å². The topological polar surface area (TPSA) is 51.6 Å². The van der Waals surface area contributed by atoms with Crippen molar-refractivity contribution < 1.29 is 9.15 Å². The first-order chi connectivity index (χ1) is 12.3. The molecule has 0 spiro atoms. The molecule has 0 bridgehead atoms. The molecule has 0 aliphatic heterocycles. The van der Waals surface area contributed by atoms with E-state index < -0.39 is 0 Å². The lowest BCUT2D eigenvalue weighted by Crippen LogP contribution is -2.22. The number of benzene rings is 2. The Bertz CT molecular complexity index is 700. The highest BCUT2D eigenvalue weighted by Gasteiger charge is 2.10.